The first-order chi connectivity index (χ1) is 13.8. The Morgan fingerprint density at radius 3 is 2.53 bits per heavy atom. The van der Waals surface area contributed by atoms with Crippen LogP contribution in [0.25, 0.3) is 0 Å². The summed E-state index contributed by atoms with van der Waals surface area (Å²) < 4.78 is 15.8. The molecule has 0 heterocycles. The Morgan fingerprint density at radius 1 is 1.30 bits per heavy atom. The second-order valence-electron chi connectivity index (χ2n) is 9.99. The molecule has 0 amide bonds. The molecule has 4 rings (SSSR count). The maximum absolute atomic E-state index is 15.8. The number of rotatable bonds is 2. The van der Waals surface area contributed by atoms with Gasteiger partial charge in [-0.25, -0.2) is 4.39 Å². The van der Waals surface area contributed by atoms with Gasteiger partial charge in [0.25, 0.3) is 0 Å². The van der Waals surface area contributed by atoms with E-state index >= 15 is 4.39 Å². The number of Topliss-reactive ketones (excluding diaryl/α,β-unsaturated/α-hetero) is 2. The molecule has 166 valence electrons. The van der Waals surface area contributed by atoms with E-state index in [4.69, 9.17) is 11.6 Å². The van der Waals surface area contributed by atoms with Crippen molar-refractivity contribution in [2.75, 3.05) is 6.61 Å². The molecule has 30 heavy (non-hydrogen) atoms. The summed E-state index contributed by atoms with van der Waals surface area (Å²) in [7, 11) is 0. The van der Waals surface area contributed by atoms with Gasteiger partial charge in [-0.15, -0.1) is 11.6 Å². The van der Waals surface area contributed by atoms with Crippen LogP contribution in [0.1, 0.15) is 46.5 Å². The lowest BCUT2D eigenvalue weighted by Gasteiger charge is -2.65. The van der Waals surface area contributed by atoms with Crippen LogP contribution < -0.4 is 0 Å². The molecule has 5 nitrogen and oxygen atoms in total. The quantitative estimate of drug-likeness (QED) is 0.445. The highest BCUT2D eigenvalue weighted by Gasteiger charge is 2.75. The van der Waals surface area contributed by atoms with Crippen molar-refractivity contribution in [2.24, 2.45) is 28.6 Å². The second kappa shape index (κ2) is 6.69. The van der Waals surface area contributed by atoms with Crippen molar-refractivity contribution in [3.63, 3.8) is 0 Å². The van der Waals surface area contributed by atoms with E-state index in [-0.39, 0.29) is 17.9 Å². The Labute approximate surface area is 188 Å². The molecule has 8 heteroatoms. The number of alkyl halides is 3. The second-order valence-corrected chi connectivity index (χ2v) is 11.7. The molecule has 0 aliphatic heterocycles. The van der Waals surface area contributed by atoms with Gasteiger partial charge in [-0.3, -0.25) is 14.4 Å². The Bertz CT molecular complexity index is 878. The number of hydrogen-bond donors (Lipinski definition) is 2. The summed E-state index contributed by atoms with van der Waals surface area (Å²) in [4.78, 5) is 35.6. The highest BCUT2D eigenvalue weighted by Crippen LogP contribution is 2.72. The normalized spacial score (nSPS) is 52.9. The van der Waals surface area contributed by atoms with Gasteiger partial charge < -0.3 is 10.2 Å². The lowest BCUT2D eigenvalue weighted by molar-refractivity contribution is -0.165. The van der Waals surface area contributed by atoms with Crippen LogP contribution in [-0.4, -0.2) is 55.6 Å². The number of halogens is 3. The number of hydrogen-bond acceptors (Lipinski definition) is 5. The molecule has 0 radical (unpaired) electrons. The molecule has 3 fully saturated rings. The lowest BCUT2D eigenvalue weighted by Crippen LogP contribution is -2.70. The number of carbonyl (C=O) groups excluding carboxylic acids is 3. The number of ketones is 3. The molecule has 0 aromatic rings. The molecule has 4 aliphatic rings. The topological polar surface area (TPSA) is 91.7 Å². The SMILES string of the molecule is CC1C(=O)C(=O)C=C2C(F)C(Br)[C@H]3[C@@H]4CC[C@](O)(C(=O)CO)[C@@]4(C)CC[C@]3(Cl)[C@]21C. The molecular formula is C22H27BrClFO5. The van der Waals surface area contributed by atoms with Crippen LogP contribution in [0.5, 0.6) is 0 Å². The first-order valence-corrected chi connectivity index (χ1v) is 11.7. The van der Waals surface area contributed by atoms with Gasteiger partial charge in [-0.05, 0) is 49.2 Å². The third-order valence-corrected chi connectivity index (χ3v) is 11.2. The molecule has 0 aromatic heterocycles. The van der Waals surface area contributed by atoms with Gasteiger partial charge in [0.1, 0.15) is 18.4 Å². The van der Waals surface area contributed by atoms with Gasteiger partial charge in [0.2, 0.25) is 11.6 Å². The smallest absolute Gasteiger partial charge is 0.221 e. The molecule has 0 bridgehead atoms. The lowest BCUT2D eigenvalue weighted by atomic mass is 9.43. The fourth-order valence-electron chi connectivity index (χ4n) is 7.25. The van der Waals surface area contributed by atoms with Gasteiger partial charge in [0.15, 0.2) is 5.78 Å². The molecule has 0 aromatic carbocycles. The standard InChI is InChI=1S/C22H27BrClFO5/c1-10-18(29)13(27)8-12-17(25)16(23)15-11-4-5-22(30,14(28)9-26)19(11,2)6-7-21(15,24)20(10,12)3/h8,10-11,15-17,26,30H,4-7,9H2,1-3H3/t10?,11-,15+,16?,17?,19-,20-,21+,22-/m0/s1. The van der Waals surface area contributed by atoms with Crippen molar-refractivity contribution in [3.05, 3.63) is 11.6 Å². The third kappa shape index (κ3) is 2.33. The zero-order valence-corrected chi connectivity index (χ0v) is 19.6. The summed E-state index contributed by atoms with van der Waals surface area (Å²) in [6.45, 7) is 4.50. The van der Waals surface area contributed by atoms with Crippen LogP contribution in [0.4, 0.5) is 4.39 Å². The molecule has 0 spiro atoms. The van der Waals surface area contributed by atoms with Crippen molar-refractivity contribution >= 4 is 44.9 Å². The Kier molecular flexibility index (Phi) is 5.03. The van der Waals surface area contributed by atoms with Crippen LogP contribution in [-0.2, 0) is 14.4 Å². The number of aliphatic hydroxyl groups excluding tert-OH is 1. The monoisotopic (exact) mass is 504 g/mol. The average Bonchev–Trinajstić information content (AvgIpc) is 2.98. The molecule has 0 saturated heterocycles. The molecule has 9 atom stereocenters. The summed E-state index contributed by atoms with van der Waals surface area (Å²) in [6, 6.07) is 0. The van der Waals surface area contributed by atoms with E-state index in [1.807, 2.05) is 6.92 Å². The zero-order chi connectivity index (χ0) is 22.4. The zero-order valence-electron chi connectivity index (χ0n) is 17.3. The number of aliphatic hydroxyl groups is 2. The Morgan fingerprint density at radius 2 is 1.93 bits per heavy atom. The third-order valence-electron chi connectivity index (χ3n) is 9.33. The highest BCUT2D eigenvalue weighted by molar-refractivity contribution is 9.09. The summed E-state index contributed by atoms with van der Waals surface area (Å²) in [5, 5.41) is 20.7. The van der Waals surface area contributed by atoms with Crippen LogP contribution in [0.3, 0.4) is 0 Å². The maximum Gasteiger partial charge on any atom is 0.221 e. The van der Waals surface area contributed by atoms with Gasteiger partial charge in [0.05, 0.1) is 9.70 Å². The van der Waals surface area contributed by atoms with Crippen molar-refractivity contribution in [1.29, 1.82) is 0 Å². The Hall–Kier alpha value is -0.630. The number of allylic oxidation sites excluding steroid dienone is 1. The molecule has 3 unspecified atom stereocenters. The minimum Gasteiger partial charge on any atom is -0.388 e. The largest absolute Gasteiger partial charge is 0.388 e. The summed E-state index contributed by atoms with van der Waals surface area (Å²) in [6.07, 6.45) is 1.01. The van der Waals surface area contributed by atoms with E-state index in [1.165, 1.54) is 0 Å². The van der Waals surface area contributed by atoms with Crippen LogP contribution >= 0.6 is 27.5 Å². The predicted molar refractivity (Wildman–Crippen MR) is 112 cm³/mol. The van der Waals surface area contributed by atoms with E-state index in [0.717, 1.165) is 6.08 Å². The average molecular weight is 506 g/mol. The minimum absolute atomic E-state index is 0.181. The van der Waals surface area contributed by atoms with Gasteiger partial charge in [-0.1, -0.05) is 36.7 Å². The van der Waals surface area contributed by atoms with E-state index < -0.39 is 68.1 Å². The molecule has 4 aliphatic carbocycles. The number of carbonyl (C=O) groups is 3. The van der Waals surface area contributed by atoms with Crippen molar-refractivity contribution in [1.82, 2.24) is 0 Å². The molecule has 2 N–H and O–H groups in total. The van der Waals surface area contributed by atoms with Crippen molar-refractivity contribution in [3.8, 4) is 0 Å². The first-order valence-electron chi connectivity index (χ1n) is 10.4. The first kappa shape index (κ1) is 22.6. The van der Waals surface area contributed by atoms with Crippen LogP contribution in [0, 0.1) is 28.6 Å². The van der Waals surface area contributed by atoms with Crippen molar-refractivity contribution in [2.45, 2.75) is 67.9 Å². The number of fused-ring (bicyclic) bond motifs is 5. The molecule has 3 saturated carbocycles. The van der Waals surface area contributed by atoms with Gasteiger partial charge in [-0.2, -0.15) is 0 Å². The van der Waals surface area contributed by atoms with E-state index in [2.05, 4.69) is 15.9 Å². The summed E-state index contributed by atoms with van der Waals surface area (Å²) in [5.74, 6) is -3.41. The fraction of sp³-hybridized carbons (Fsp3) is 0.773. The maximum atomic E-state index is 15.8. The summed E-state index contributed by atoms with van der Waals surface area (Å²) >= 11 is 10.9. The van der Waals surface area contributed by atoms with Gasteiger partial charge >= 0.3 is 0 Å². The highest BCUT2D eigenvalue weighted by atomic mass is 79.9. The van der Waals surface area contributed by atoms with Crippen LogP contribution in [0.15, 0.2) is 11.6 Å². The predicted octanol–water partition coefficient (Wildman–Crippen LogP) is 2.92. The van der Waals surface area contributed by atoms with E-state index in [0.29, 0.717) is 19.3 Å². The van der Waals surface area contributed by atoms with E-state index in [9.17, 15) is 24.6 Å². The van der Waals surface area contributed by atoms with Crippen LogP contribution in [0.2, 0.25) is 0 Å². The van der Waals surface area contributed by atoms with E-state index in [1.54, 1.807) is 13.8 Å². The molecular weight excluding hydrogens is 479 g/mol. The van der Waals surface area contributed by atoms with Gasteiger partial charge in [0, 0.05) is 16.7 Å². The Balaban J connectivity index is 1.88. The fourth-order valence-corrected chi connectivity index (χ4v) is 9.16. The minimum atomic E-state index is -1.69. The summed E-state index contributed by atoms with van der Waals surface area (Å²) in [5.41, 5.74) is -3.35. The van der Waals surface area contributed by atoms with Crippen molar-refractivity contribution < 1.29 is 29.0 Å².